The molecule has 1 amide bonds. The monoisotopic (exact) mass is 443 g/mol. The van der Waals surface area contributed by atoms with E-state index in [2.05, 4.69) is 15.3 Å². The number of rotatable bonds is 7. The number of fused-ring (bicyclic) bond motifs is 1. The summed E-state index contributed by atoms with van der Waals surface area (Å²) in [5, 5.41) is 5.05. The Labute approximate surface area is 181 Å². The number of benzene rings is 2. The van der Waals surface area contributed by atoms with E-state index in [0.29, 0.717) is 12.0 Å². The van der Waals surface area contributed by atoms with Crippen LogP contribution in [0.25, 0.3) is 11.0 Å². The maximum absolute atomic E-state index is 13.0. The number of carbonyl (C=O) groups excluding carboxylic acids is 1. The highest BCUT2D eigenvalue weighted by atomic mass is 32.1. The lowest BCUT2D eigenvalue weighted by atomic mass is 9.98. The lowest BCUT2D eigenvalue weighted by Gasteiger charge is -2.20. The first-order valence-electron chi connectivity index (χ1n) is 9.84. The molecule has 4 nitrogen and oxygen atoms in total. The van der Waals surface area contributed by atoms with Gasteiger partial charge in [0.15, 0.2) is 0 Å². The van der Waals surface area contributed by atoms with Gasteiger partial charge >= 0.3 is 6.18 Å². The fourth-order valence-electron chi connectivity index (χ4n) is 3.46. The number of hydrogen-bond donors (Lipinski definition) is 2. The Morgan fingerprint density at radius 3 is 2.58 bits per heavy atom. The van der Waals surface area contributed by atoms with Crippen molar-refractivity contribution in [2.45, 2.75) is 31.5 Å². The molecule has 2 N–H and O–H groups in total. The minimum absolute atomic E-state index is 0.105. The lowest BCUT2D eigenvalue weighted by Crippen LogP contribution is -2.29. The maximum atomic E-state index is 13.0. The van der Waals surface area contributed by atoms with E-state index in [-0.39, 0.29) is 16.9 Å². The van der Waals surface area contributed by atoms with Crippen molar-refractivity contribution >= 4 is 28.3 Å². The van der Waals surface area contributed by atoms with Crippen LogP contribution in [0.4, 0.5) is 13.2 Å². The standard InChI is InChI=1S/C23H20F3N3OS/c24-23(25,26)22-27-18-12-11-16(14-19(18)28-22)21(15-6-2-1-3-7-15)29-20(30)10-4-8-17-9-5-13-31-17/h1-3,5-7,9,11-14,21H,4,8,10H2,(H,27,28)(H,29,30)/t21-/m0/s1. The highest BCUT2D eigenvalue weighted by molar-refractivity contribution is 7.09. The molecule has 0 saturated heterocycles. The third-order valence-electron chi connectivity index (χ3n) is 4.95. The summed E-state index contributed by atoms with van der Waals surface area (Å²) in [6.45, 7) is 0. The SMILES string of the molecule is O=C(CCCc1cccs1)N[C@@H](c1ccccc1)c1ccc2nc(C(F)(F)F)[nH]c2c1. The Morgan fingerprint density at radius 1 is 1.06 bits per heavy atom. The van der Waals surface area contributed by atoms with Crippen LogP contribution in [0.5, 0.6) is 0 Å². The van der Waals surface area contributed by atoms with Gasteiger partial charge in [0.05, 0.1) is 17.1 Å². The first kappa shape index (κ1) is 21.1. The van der Waals surface area contributed by atoms with Crippen molar-refractivity contribution in [3.05, 3.63) is 87.9 Å². The summed E-state index contributed by atoms with van der Waals surface area (Å²) in [6.07, 6.45) is -2.62. The lowest BCUT2D eigenvalue weighted by molar-refractivity contribution is -0.144. The molecule has 0 aliphatic heterocycles. The Kier molecular flexibility index (Phi) is 6.08. The molecule has 0 unspecified atom stereocenters. The second kappa shape index (κ2) is 8.93. The highest BCUT2D eigenvalue weighted by Gasteiger charge is 2.34. The zero-order chi connectivity index (χ0) is 21.8. The number of imidazole rings is 1. The molecule has 2 aromatic carbocycles. The summed E-state index contributed by atoms with van der Waals surface area (Å²) in [7, 11) is 0. The number of nitrogens with zero attached hydrogens (tertiary/aromatic N) is 1. The van der Waals surface area contributed by atoms with Gasteiger partial charge in [-0.1, -0.05) is 42.5 Å². The van der Waals surface area contributed by atoms with Crippen LogP contribution in [0.3, 0.4) is 0 Å². The third-order valence-corrected chi connectivity index (χ3v) is 5.89. The van der Waals surface area contributed by atoms with Gasteiger partial charge in [0.25, 0.3) is 0 Å². The molecule has 4 rings (SSSR count). The molecule has 0 bridgehead atoms. The summed E-state index contributed by atoms with van der Waals surface area (Å²) < 4.78 is 39.0. The number of hydrogen-bond acceptors (Lipinski definition) is 3. The molecule has 0 radical (unpaired) electrons. The smallest absolute Gasteiger partial charge is 0.345 e. The molecule has 160 valence electrons. The van der Waals surface area contributed by atoms with Crippen LogP contribution in [0, 0.1) is 0 Å². The number of H-pyrrole nitrogens is 1. The van der Waals surface area contributed by atoms with Crippen LogP contribution in [-0.4, -0.2) is 15.9 Å². The predicted molar refractivity (Wildman–Crippen MR) is 115 cm³/mol. The molecule has 2 heterocycles. The Balaban J connectivity index is 1.55. The van der Waals surface area contributed by atoms with Crippen molar-refractivity contribution in [3.8, 4) is 0 Å². The first-order valence-corrected chi connectivity index (χ1v) is 10.7. The summed E-state index contributed by atoms with van der Waals surface area (Å²) in [5.74, 6) is -1.14. The minimum atomic E-state index is -4.55. The van der Waals surface area contributed by atoms with Crippen LogP contribution < -0.4 is 5.32 Å². The molecule has 4 aromatic rings. The van der Waals surface area contributed by atoms with E-state index in [0.717, 1.165) is 18.4 Å². The Hall–Kier alpha value is -3.13. The van der Waals surface area contributed by atoms with Gasteiger partial charge in [-0.15, -0.1) is 11.3 Å². The maximum Gasteiger partial charge on any atom is 0.449 e. The van der Waals surface area contributed by atoms with E-state index in [4.69, 9.17) is 0 Å². The van der Waals surface area contributed by atoms with E-state index in [9.17, 15) is 18.0 Å². The molecule has 0 aliphatic rings. The zero-order valence-corrected chi connectivity index (χ0v) is 17.3. The van der Waals surface area contributed by atoms with Crippen LogP contribution >= 0.6 is 11.3 Å². The van der Waals surface area contributed by atoms with Crippen molar-refractivity contribution in [2.75, 3.05) is 0 Å². The van der Waals surface area contributed by atoms with Crippen LogP contribution in [0.1, 0.15) is 40.7 Å². The molecule has 2 aromatic heterocycles. The zero-order valence-electron chi connectivity index (χ0n) is 16.4. The summed E-state index contributed by atoms with van der Waals surface area (Å²) in [5.41, 5.74) is 2.04. The molecule has 0 saturated carbocycles. The van der Waals surface area contributed by atoms with Crippen molar-refractivity contribution in [2.24, 2.45) is 0 Å². The number of carbonyl (C=O) groups is 1. The van der Waals surface area contributed by atoms with E-state index >= 15 is 0 Å². The van der Waals surface area contributed by atoms with Crippen LogP contribution in [0.2, 0.25) is 0 Å². The molecule has 31 heavy (non-hydrogen) atoms. The molecule has 0 spiro atoms. The average molecular weight is 443 g/mol. The molecule has 0 aliphatic carbocycles. The number of aryl methyl sites for hydroxylation is 1. The van der Waals surface area contributed by atoms with Crippen molar-refractivity contribution in [1.29, 1.82) is 0 Å². The summed E-state index contributed by atoms with van der Waals surface area (Å²) >= 11 is 1.67. The van der Waals surface area contributed by atoms with Gasteiger partial charge in [-0.05, 0) is 47.5 Å². The number of nitrogens with one attached hydrogen (secondary N) is 2. The van der Waals surface area contributed by atoms with Gasteiger partial charge in [0, 0.05) is 11.3 Å². The molecular formula is C23H20F3N3OS. The van der Waals surface area contributed by atoms with Crippen molar-refractivity contribution < 1.29 is 18.0 Å². The second-order valence-corrected chi connectivity index (χ2v) is 8.24. The topological polar surface area (TPSA) is 57.8 Å². The summed E-state index contributed by atoms with van der Waals surface area (Å²) in [6, 6.07) is 17.8. The number of alkyl halides is 3. The molecule has 8 heteroatoms. The minimum Gasteiger partial charge on any atom is -0.345 e. The number of amides is 1. The second-order valence-electron chi connectivity index (χ2n) is 7.20. The quantitative estimate of drug-likeness (QED) is 0.375. The van der Waals surface area contributed by atoms with Crippen LogP contribution in [-0.2, 0) is 17.4 Å². The fraction of sp³-hybridized carbons (Fsp3) is 0.217. The molecule has 1 atom stereocenters. The Bertz CT molecular complexity index is 1150. The normalized spacial score (nSPS) is 12.7. The number of aromatic nitrogens is 2. The average Bonchev–Trinajstić information content (AvgIpc) is 3.41. The molecule has 0 fully saturated rings. The van der Waals surface area contributed by atoms with Crippen LogP contribution in [0.15, 0.2) is 66.0 Å². The van der Waals surface area contributed by atoms with E-state index in [1.165, 1.54) is 10.9 Å². The van der Waals surface area contributed by atoms with Gasteiger partial charge < -0.3 is 10.3 Å². The fourth-order valence-corrected chi connectivity index (χ4v) is 4.21. The van der Waals surface area contributed by atoms with Crippen molar-refractivity contribution in [1.82, 2.24) is 15.3 Å². The van der Waals surface area contributed by atoms with E-state index in [1.807, 2.05) is 47.8 Å². The van der Waals surface area contributed by atoms with Gasteiger partial charge in [-0.25, -0.2) is 4.98 Å². The highest BCUT2D eigenvalue weighted by Crippen LogP contribution is 2.30. The number of aromatic amines is 1. The number of halogens is 3. The van der Waals surface area contributed by atoms with Crippen molar-refractivity contribution in [3.63, 3.8) is 0 Å². The van der Waals surface area contributed by atoms with E-state index < -0.39 is 18.0 Å². The first-order chi connectivity index (χ1) is 14.9. The number of thiophene rings is 1. The van der Waals surface area contributed by atoms with Gasteiger partial charge in [0.2, 0.25) is 11.7 Å². The predicted octanol–water partition coefficient (Wildman–Crippen LogP) is 5.87. The molecular weight excluding hydrogens is 423 g/mol. The van der Waals surface area contributed by atoms with Gasteiger partial charge in [-0.3, -0.25) is 4.79 Å². The summed E-state index contributed by atoms with van der Waals surface area (Å²) in [4.78, 5) is 19.8. The van der Waals surface area contributed by atoms with E-state index in [1.54, 1.807) is 23.5 Å². The Morgan fingerprint density at radius 2 is 1.87 bits per heavy atom. The van der Waals surface area contributed by atoms with Gasteiger partial charge in [-0.2, -0.15) is 13.2 Å². The largest absolute Gasteiger partial charge is 0.449 e. The van der Waals surface area contributed by atoms with Gasteiger partial charge in [0.1, 0.15) is 0 Å². The third kappa shape index (κ3) is 5.14.